The molecule has 132 valence electrons. The predicted molar refractivity (Wildman–Crippen MR) is 94.6 cm³/mol. The summed E-state index contributed by atoms with van der Waals surface area (Å²) in [5.41, 5.74) is 3.64. The first-order valence-corrected chi connectivity index (χ1v) is 8.66. The summed E-state index contributed by atoms with van der Waals surface area (Å²) in [5.74, 6) is 0.491. The highest BCUT2D eigenvalue weighted by Gasteiger charge is 2.29. The molecule has 1 aromatic heterocycles. The van der Waals surface area contributed by atoms with Gasteiger partial charge < -0.3 is 0 Å². The van der Waals surface area contributed by atoms with Crippen molar-refractivity contribution in [2.75, 3.05) is 0 Å². The fourth-order valence-corrected chi connectivity index (χ4v) is 3.41. The van der Waals surface area contributed by atoms with Crippen molar-refractivity contribution in [2.24, 2.45) is 5.92 Å². The van der Waals surface area contributed by atoms with Crippen LogP contribution < -0.4 is 10.6 Å². The molecule has 0 spiro atoms. The highest BCUT2D eigenvalue weighted by Crippen LogP contribution is 2.29. The minimum atomic E-state index is -4.29. The molecule has 0 saturated carbocycles. The Morgan fingerprint density at radius 2 is 1.84 bits per heavy atom. The van der Waals surface area contributed by atoms with Gasteiger partial charge in [0.15, 0.2) is 0 Å². The SMILES string of the molecule is CCc1nc2c(c(C)c1Cc1ccc(C(F)(F)F)cc1)=CCC(C)C=2. The molecule has 1 nitrogen and oxygen atoms in total. The van der Waals surface area contributed by atoms with E-state index in [4.69, 9.17) is 4.98 Å². The predicted octanol–water partition coefficient (Wildman–Crippen LogP) is 4.16. The van der Waals surface area contributed by atoms with Crippen LogP contribution in [-0.4, -0.2) is 4.98 Å². The second-order valence-corrected chi connectivity index (χ2v) is 6.77. The van der Waals surface area contributed by atoms with E-state index in [1.54, 1.807) is 12.1 Å². The molecule has 0 radical (unpaired) electrons. The van der Waals surface area contributed by atoms with Crippen LogP contribution in [0.3, 0.4) is 0 Å². The number of alkyl halides is 3. The van der Waals surface area contributed by atoms with Crippen LogP contribution >= 0.6 is 0 Å². The molecule has 1 unspecified atom stereocenters. The van der Waals surface area contributed by atoms with Gasteiger partial charge in [0, 0.05) is 5.69 Å². The van der Waals surface area contributed by atoms with Gasteiger partial charge >= 0.3 is 6.18 Å². The van der Waals surface area contributed by atoms with Gasteiger partial charge in [-0.15, -0.1) is 0 Å². The molecule has 1 aliphatic carbocycles. The van der Waals surface area contributed by atoms with Gasteiger partial charge in [0.05, 0.1) is 10.9 Å². The van der Waals surface area contributed by atoms with E-state index in [1.165, 1.54) is 10.8 Å². The van der Waals surface area contributed by atoms with E-state index in [-0.39, 0.29) is 0 Å². The molecule has 1 aromatic carbocycles. The van der Waals surface area contributed by atoms with Crippen LogP contribution in [0.5, 0.6) is 0 Å². The molecular formula is C21H22F3N. The second kappa shape index (κ2) is 6.66. The number of hydrogen-bond acceptors (Lipinski definition) is 1. The first-order chi connectivity index (χ1) is 11.8. The third kappa shape index (κ3) is 3.63. The van der Waals surface area contributed by atoms with E-state index in [9.17, 15) is 13.2 Å². The summed E-state index contributed by atoms with van der Waals surface area (Å²) in [5, 5.41) is 2.22. The number of fused-ring (bicyclic) bond motifs is 1. The fraction of sp³-hybridized carbons (Fsp3) is 0.381. The zero-order chi connectivity index (χ0) is 18.2. The van der Waals surface area contributed by atoms with E-state index in [2.05, 4.69) is 32.9 Å². The van der Waals surface area contributed by atoms with Gasteiger partial charge in [0.25, 0.3) is 0 Å². The normalized spacial score (nSPS) is 16.8. The van der Waals surface area contributed by atoms with E-state index in [0.29, 0.717) is 12.3 Å². The average Bonchev–Trinajstić information content (AvgIpc) is 2.56. The van der Waals surface area contributed by atoms with Crippen LogP contribution in [0, 0.1) is 12.8 Å². The molecule has 1 aliphatic rings. The summed E-state index contributed by atoms with van der Waals surface area (Å²) in [7, 11) is 0. The lowest BCUT2D eigenvalue weighted by molar-refractivity contribution is -0.137. The first-order valence-electron chi connectivity index (χ1n) is 8.66. The number of rotatable bonds is 3. The Morgan fingerprint density at radius 3 is 2.44 bits per heavy atom. The molecule has 25 heavy (non-hydrogen) atoms. The summed E-state index contributed by atoms with van der Waals surface area (Å²) in [4.78, 5) is 4.83. The van der Waals surface area contributed by atoms with Crippen LogP contribution in [-0.2, 0) is 19.0 Å². The number of aromatic nitrogens is 1. The summed E-state index contributed by atoms with van der Waals surface area (Å²) in [6.45, 7) is 6.35. The molecule has 0 aliphatic heterocycles. The van der Waals surface area contributed by atoms with Crippen molar-refractivity contribution in [2.45, 2.75) is 46.2 Å². The molecule has 0 amide bonds. The summed E-state index contributed by atoms with van der Waals surface area (Å²) < 4.78 is 38.2. The number of nitrogens with zero attached hydrogens (tertiary/aromatic N) is 1. The average molecular weight is 345 g/mol. The smallest absolute Gasteiger partial charge is 0.253 e. The van der Waals surface area contributed by atoms with Gasteiger partial charge in [-0.2, -0.15) is 13.2 Å². The Hall–Kier alpha value is -2.10. The molecule has 3 rings (SSSR count). The van der Waals surface area contributed by atoms with Gasteiger partial charge in [-0.25, -0.2) is 0 Å². The number of pyridine rings is 1. The van der Waals surface area contributed by atoms with Crippen molar-refractivity contribution in [3.05, 3.63) is 62.8 Å². The zero-order valence-corrected chi connectivity index (χ0v) is 14.7. The van der Waals surface area contributed by atoms with Crippen molar-refractivity contribution in [1.82, 2.24) is 4.98 Å². The molecule has 2 aromatic rings. The van der Waals surface area contributed by atoms with E-state index >= 15 is 0 Å². The molecule has 0 saturated heterocycles. The Bertz CT molecular complexity index is 893. The quantitative estimate of drug-likeness (QED) is 0.814. The van der Waals surface area contributed by atoms with E-state index in [0.717, 1.165) is 47.1 Å². The molecule has 4 heteroatoms. The summed E-state index contributed by atoms with van der Waals surface area (Å²) >= 11 is 0. The lowest BCUT2D eigenvalue weighted by Gasteiger charge is -2.16. The lowest BCUT2D eigenvalue weighted by atomic mass is 9.92. The Morgan fingerprint density at radius 1 is 1.16 bits per heavy atom. The van der Waals surface area contributed by atoms with Gasteiger partial charge in [0.1, 0.15) is 0 Å². The highest BCUT2D eigenvalue weighted by molar-refractivity contribution is 5.45. The van der Waals surface area contributed by atoms with Gasteiger partial charge in [-0.3, -0.25) is 4.98 Å². The topological polar surface area (TPSA) is 12.9 Å². The first kappa shape index (κ1) is 17.7. The van der Waals surface area contributed by atoms with Crippen molar-refractivity contribution in [1.29, 1.82) is 0 Å². The summed E-state index contributed by atoms with van der Waals surface area (Å²) in [6.07, 6.45) is 2.57. The van der Waals surface area contributed by atoms with E-state index < -0.39 is 11.7 Å². The fourth-order valence-electron chi connectivity index (χ4n) is 3.41. The molecule has 1 heterocycles. The maximum atomic E-state index is 12.7. The van der Waals surface area contributed by atoms with Crippen molar-refractivity contribution in [3.63, 3.8) is 0 Å². The molecule has 1 atom stereocenters. The maximum absolute atomic E-state index is 12.7. The van der Waals surface area contributed by atoms with Crippen LogP contribution in [0.1, 0.15) is 48.2 Å². The monoisotopic (exact) mass is 345 g/mol. The van der Waals surface area contributed by atoms with Crippen LogP contribution in [0.15, 0.2) is 24.3 Å². The molecule has 0 N–H and O–H groups in total. The minimum Gasteiger partial charge on any atom is -0.253 e. The van der Waals surface area contributed by atoms with Crippen molar-refractivity contribution < 1.29 is 13.2 Å². The number of halogens is 3. The molecule has 0 bridgehead atoms. The van der Waals surface area contributed by atoms with Crippen LogP contribution in [0.25, 0.3) is 12.2 Å². The number of hydrogen-bond donors (Lipinski definition) is 0. The van der Waals surface area contributed by atoms with E-state index in [1.807, 2.05) is 0 Å². The van der Waals surface area contributed by atoms with Gasteiger partial charge in [-0.05, 0) is 66.1 Å². The number of aryl methyl sites for hydroxylation is 1. The van der Waals surface area contributed by atoms with Gasteiger partial charge in [0.2, 0.25) is 0 Å². The standard InChI is InChI=1S/C21H22F3N/c1-4-19-18(12-15-6-8-16(9-7-15)21(22,23)24)14(3)17-10-5-13(2)11-20(17)25-19/h6-11,13H,4-5,12H2,1-3H3. The zero-order valence-electron chi connectivity index (χ0n) is 14.7. The Balaban J connectivity index is 2.02. The Kier molecular flexibility index (Phi) is 4.72. The number of benzene rings is 1. The van der Waals surface area contributed by atoms with Gasteiger partial charge in [-0.1, -0.05) is 38.1 Å². The van der Waals surface area contributed by atoms with Crippen molar-refractivity contribution in [3.8, 4) is 0 Å². The van der Waals surface area contributed by atoms with Crippen molar-refractivity contribution >= 4 is 12.2 Å². The Labute approximate surface area is 145 Å². The largest absolute Gasteiger partial charge is 0.416 e. The molecule has 0 fully saturated rings. The maximum Gasteiger partial charge on any atom is 0.416 e. The highest BCUT2D eigenvalue weighted by atomic mass is 19.4. The third-order valence-corrected chi connectivity index (χ3v) is 4.87. The summed E-state index contributed by atoms with van der Waals surface area (Å²) in [6, 6.07) is 5.45. The van der Waals surface area contributed by atoms with Crippen LogP contribution in [0.4, 0.5) is 13.2 Å². The third-order valence-electron chi connectivity index (χ3n) is 4.87. The molecular weight excluding hydrogens is 323 g/mol. The van der Waals surface area contributed by atoms with Crippen LogP contribution in [0.2, 0.25) is 0 Å². The second-order valence-electron chi connectivity index (χ2n) is 6.77. The minimum absolute atomic E-state index is 0.491. The lowest BCUT2D eigenvalue weighted by Crippen LogP contribution is -2.36.